The Balaban J connectivity index is 1.80. The van der Waals surface area contributed by atoms with E-state index in [1.165, 1.54) is 0 Å². The third kappa shape index (κ3) is 5.93. The van der Waals surface area contributed by atoms with E-state index in [0.717, 1.165) is 41.7 Å². The van der Waals surface area contributed by atoms with Gasteiger partial charge in [0.1, 0.15) is 18.1 Å². The second kappa shape index (κ2) is 10.2. The molecule has 0 N–H and O–H groups in total. The first kappa shape index (κ1) is 21.1. The van der Waals surface area contributed by atoms with E-state index in [2.05, 4.69) is 52.8 Å². The smallest absolute Gasteiger partial charge is 0.142 e. The van der Waals surface area contributed by atoms with Crippen molar-refractivity contribution in [3.8, 4) is 11.5 Å². The Morgan fingerprint density at radius 2 is 1.57 bits per heavy atom. The molecule has 3 nitrogen and oxygen atoms in total. The second-order valence-electron chi connectivity index (χ2n) is 5.91. The summed E-state index contributed by atoms with van der Waals surface area (Å²) in [4.78, 5) is 4.58. The van der Waals surface area contributed by atoms with Crippen LogP contribution < -0.4 is 9.47 Å². The first-order valence-corrected chi connectivity index (χ1v) is 11.1. The van der Waals surface area contributed by atoms with Crippen molar-refractivity contribution in [1.82, 2.24) is 0 Å². The van der Waals surface area contributed by atoms with Crippen LogP contribution >= 0.6 is 47.8 Å². The van der Waals surface area contributed by atoms with E-state index >= 15 is 0 Å². The van der Waals surface area contributed by atoms with Crippen molar-refractivity contribution in [3.05, 3.63) is 85.2 Å². The fraction of sp³-hybridized carbons (Fsp3) is 0.136. The summed E-state index contributed by atoms with van der Waals surface area (Å²) in [5.74, 6) is 1.59. The van der Waals surface area contributed by atoms with Gasteiger partial charge >= 0.3 is 0 Å². The maximum Gasteiger partial charge on any atom is 0.142 e. The second-order valence-corrected chi connectivity index (χ2v) is 8.59. The molecule has 0 heterocycles. The van der Waals surface area contributed by atoms with E-state index in [0.29, 0.717) is 13.2 Å². The van der Waals surface area contributed by atoms with Gasteiger partial charge in [-0.15, -0.1) is 0 Å². The van der Waals surface area contributed by atoms with E-state index in [1.807, 2.05) is 73.8 Å². The minimum absolute atomic E-state index is 0.470. The highest BCUT2D eigenvalue weighted by molar-refractivity contribution is 9.11. The molecule has 3 aromatic carbocycles. The average molecular weight is 568 g/mol. The number of hydrogen-bond acceptors (Lipinski definition) is 3. The van der Waals surface area contributed by atoms with Crippen molar-refractivity contribution >= 4 is 59.7 Å². The van der Waals surface area contributed by atoms with Crippen molar-refractivity contribution in [2.75, 3.05) is 6.61 Å². The van der Waals surface area contributed by atoms with Crippen molar-refractivity contribution in [3.63, 3.8) is 0 Å². The molecule has 144 valence electrons. The van der Waals surface area contributed by atoms with Gasteiger partial charge in [-0.05, 0) is 76.9 Å². The van der Waals surface area contributed by atoms with E-state index < -0.39 is 0 Å². The Kier molecular flexibility index (Phi) is 7.71. The lowest BCUT2D eigenvalue weighted by Crippen LogP contribution is -1.99. The SMILES string of the molecule is CCOc1ccc(N=Cc2cc(Br)cc(Br)c2OCc2ccc(Br)cc2)cc1. The summed E-state index contributed by atoms with van der Waals surface area (Å²) in [5, 5.41) is 0. The Bertz CT molecular complexity index is 955. The molecular formula is C22H18Br3NO2. The van der Waals surface area contributed by atoms with Gasteiger partial charge in [0, 0.05) is 20.7 Å². The third-order valence-corrected chi connectivity index (χ3v) is 5.41. The molecule has 3 rings (SSSR count). The molecular weight excluding hydrogens is 550 g/mol. The number of halogens is 3. The number of benzene rings is 3. The van der Waals surface area contributed by atoms with E-state index in [1.54, 1.807) is 0 Å². The monoisotopic (exact) mass is 565 g/mol. The molecule has 0 radical (unpaired) electrons. The molecule has 0 aliphatic carbocycles. The van der Waals surface area contributed by atoms with Gasteiger partial charge in [0.05, 0.1) is 16.8 Å². The molecule has 28 heavy (non-hydrogen) atoms. The Morgan fingerprint density at radius 1 is 0.857 bits per heavy atom. The highest BCUT2D eigenvalue weighted by Gasteiger charge is 2.10. The van der Waals surface area contributed by atoms with Gasteiger partial charge < -0.3 is 9.47 Å². The van der Waals surface area contributed by atoms with Gasteiger partial charge in [-0.25, -0.2) is 0 Å². The zero-order valence-corrected chi connectivity index (χ0v) is 19.9. The molecule has 0 atom stereocenters. The molecule has 0 aliphatic rings. The lowest BCUT2D eigenvalue weighted by Gasteiger charge is -2.12. The largest absolute Gasteiger partial charge is 0.494 e. The predicted molar refractivity (Wildman–Crippen MR) is 125 cm³/mol. The van der Waals surface area contributed by atoms with Crippen LogP contribution in [0.5, 0.6) is 11.5 Å². The van der Waals surface area contributed by atoms with E-state index in [9.17, 15) is 0 Å². The Hall–Kier alpha value is -1.63. The van der Waals surface area contributed by atoms with Crippen LogP contribution in [0.15, 0.2) is 79.1 Å². The van der Waals surface area contributed by atoms with Gasteiger partial charge in [0.2, 0.25) is 0 Å². The lowest BCUT2D eigenvalue weighted by atomic mass is 10.2. The van der Waals surface area contributed by atoms with E-state index in [-0.39, 0.29) is 0 Å². The summed E-state index contributed by atoms with van der Waals surface area (Å²) in [6.07, 6.45) is 1.81. The summed E-state index contributed by atoms with van der Waals surface area (Å²) < 4.78 is 14.4. The van der Waals surface area contributed by atoms with Crippen molar-refractivity contribution in [2.24, 2.45) is 4.99 Å². The number of hydrogen-bond donors (Lipinski definition) is 0. The lowest BCUT2D eigenvalue weighted by molar-refractivity contribution is 0.304. The maximum absolute atomic E-state index is 6.09. The predicted octanol–water partition coefficient (Wildman–Crippen LogP) is 7.70. The first-order chi connectivity index (χ1) is 13.5. The summed E-state index contributed by atoms with van der Waals surface area (Å²) in [6, 6.07) is 19.7. The van der Waals surface area contributed by atoms with Crippen molar-refractivity contribution < 1.29 is 9.47 Å². The highest BCUT2D eigenvalue weighted by atomic mass is 79.9. The molecule has 0 fully saturated rings. The molecule has 0 spiro atoms. The van der Waals surface area contributed by atoms with Gasteiger partial charge in [0.25, 0.3) is 0 Å². The van der Waals surface area contributed by atoms with Gasteiger partial charge in [-0.1, -0.05) is 44.0 Å². The van der Waals surface area contributed by atoms with Crippen LogP contribution in [0.3, 0.4) is 0 Å². The van der Waals surface area contributed by atoms with Crippen LogP contribution in [0.25, 0.3) is 0 Å². The van der Waals surface area contributed by atoms with Gasteiger partial charge in [-0.2, -0.15) is 0 Å². The first-order valence-electron chi connectivity index (χ1n) is 8.68. The Labute approximate surface area is 190 Å². The number of aliphatic imine (C=N–C) groups is 1. The van der Waals surface area contributed by atoms with Crippen LogP contribution in [-0.2, 0) is 6.61 Å². The highest BCUT2D eigenvalue weighted by Crippen LogP contribution is 2.33. The van der Waals surface area contributed by atoms with Crippen LogP contribution in [0.2, 0.25) is 0 Å². The topological polar surface area (TPSA) is 30.8 Å². The average Bonchev–Trinajstić information content (AvgIpc) is 2.68. The summed E-state index contributed by atoms with van der Waals surface area (Å²) in [7, 11) is 0. The number of nitrogens with zero attached hydrogens (tertiary/aromatic N) is 1. The maximum atomic E-state index is 6.09. The minimum Gasteiger partial charge on any atom is -0.494 e. The third-order valence-electron chi connectivity index (χ3n) is 3.83. The molecule has 0 amide bonds. The van der Waals surface area contributed by atoms with Crippen molar-refractivity contribution in [2.45, 2.75) is 13.5 Å². The Morgan fingerprint density at radius 3 is 2.25 bits per heavy atom. The van der Waals surface area contributed by atoms with Gasteiger partial charge in [-0.3, -0.25) is 4.99 Å². The molecule has 0 unspecified atom stereocenters. The quantitative estimate of drug-likeness (QED) is 0.274. The molecule has 0 aromatic heterocycles. The minimum atomic E-state index is 0.470. The molecule has 3 aromatic rings. The standard InChI is InChI=1S/C22H18Br3NO2/c1-2-27-20-9-7-19(8-10-20)26-13-16-11-18(24)12-21(25)22(16)28-14-15-3-5-17(23)6-4-15/h3-13H,2,14H2,1H3. The number of ether oxygens (including phenoxy) is 2. The van der Waals surface area contributed by atoms with Crippen molar-refractivity contribution in [1.29, 1.82) is 0 Å². The zero-order valence-electron chi connectivity index (χ0n) is 15.2. The van der Waals surface area contributed by atoms with Crippen LogP contribution in [0, 0.1) is 0 Å². The summed E-state index contributed by atoms with van der Waals surface area (Å²) >= 11 is 10.6. The fourth-order valence-electron chi connectivity index (χ4n) is 2.50. The summed E-state index contributed by atoms with van der Waals surface area (Å²) in [6.45, 7) is 3.08. The van der Waals surface area contributed by atoms with Crippen LogP contribution in [0.4, 0.5) is 5.69 Å². The van der Waals surface area contributed by atoms with E-state index in [4.69, 9.17) is 9.47 Å². The molecule has 6 heteroatoms. The zero-order chi connectivity index (χ0) is 19.9. The molecule has 0 aliphatic heterocycles. The molecule has 0 bridgehead atoms. The fourth-order valence-corrected chi connectivity index (χ4v) is 4.14. The van der Waals surface area contributed by atoms with Crippen LogP contribution in [-0.4, -0.2) is 12.8 Å². The normalized spacial score (nSPS) is 11.0. The van der Waals surface area contributed by atoms with Crippen LogP contribution in [0.1, 0.15) is 18.1 Å². The molecule has 0 saturated heterocycles. The number of rotatable bonds is 7. The van der Waals surface area contributed by atoms with Gasteiger partial charge in [0.15, 0.2) is 0 Å². The molecule has 0 saturated carbocycles. The summed E-state index contributed by atoms with van der Waals surface area (Å²) in [5.41, 5.74) is 2.82.